The zero-order valence-electron chi connectivity index (χ0n) is 11.5. The first-order valence-electron chi connectivity index (χ1n) is 6.64. The molecule has 1 heterocycles. The Morgan fingerprint density at radius 3 is 2.63 bits per heavy atom. The molecule has 2 unspecified atom stereocenters. The lowest BCUT2D eigenvalue weighted by molar-refractivity contribution is -0.149. The molecule has 104 valence electrons. The normalized spacial score (nSPS) is 29.1. The van der Waals surface area contributed by atoms with Crippen LogP contribution in [0.2, 0.25) is 0 Å². The fraction of sp³-hybridized carbons (Fsp3) is 0.533. The summed E-state index contributed by atoms with van der Waals surface area (Å²) in [6.45, 7) is 6.19. The van der Waals surface area contributed by atoms with Crippen molar-refractivity contribution in [2.45, 2.75) is 44.8 Å². The molecule has 0 saturated carbocycles. The van der Waals surface area contributed by atoms with Gasteiger partial charge < -0.3 is 9.47 Å². The minimum atomic E-state index is -0.832. The summed E-state index contributed by atoms with van der Waals surface area (Å²) < 4.78 is 12.1. The van der Waals surface area contributed by atoms with Crippen LogP contribution >= 0.6 is 15.9 Å². The number of esters is 1. The molecule has 1 aliphatic heterocycles. The van der Waals surface area contributed by atoms with Crippen molar-refractivity contribution in [1.29, 1.82) is 0 Å². The average Bonchev–Trinajstić information content (AvgIpc) is 2.98. The number of ether oxygens (including phenoxy) is 2. The van der Waals surface area contributed by atoms with Crippen molar-refractivity contribution < 1.29 is 14.3 Å². The standard InChI is InChI=1S/C15H19BrO3/c1-4-10-15(13(17)18-5-2)14(3,19-15)11-8-6-7-9-12(11)16/h6-9H,4-5,10H2,1-3H3. The Morgan fingerprint density at radius 2 is 2.05 bits per heavy atom. The summed E-state index contributed by atoms with van der Waals surface area (Å²) in [4.78, 5) is 12.3. The van der Waals surface area contributed by atoms with E-state index in [1.54, 1.807) is 0 Å². The van der Waals surface area contributed by atoms with Crippen LogP contribution in [-0.4, -0.2) is 18.2 Å². The number of carbonyl (C=O) groups excluding carboxylic acids is 1. The first kappa shape index (κ1) is 14.5. The van der Waals surface area contributed by atoms with E-state index in [1.165, 1.54) is 0 Å². The van der Waals surface area contributed by atoms with Crippen molar-refractivity contribution in [3.05, 3.63) is 34.3 Å². The molecular weight excluding hydrogens is 308 g/mol. The molecule has 0 aliphatic carbocycles. The van der Waals surface area contributed by atoms with E-state index in [9.17, 15) is 4.79 Å². The summed E-state index contributed by atoms with van der Waals surface area (Å²) >= 11 is 3.53. The largest absolute Gasteiger partial charge is 0.464 e. The van der Waals surface area contributed by atoms with Crippen molar-refractivity contribution in [3.63, 3.8) is 0 Å². The summed E-state index contributed by atoms with van der Waals surface area (Å²) in [5.74, 6) is -0.255. The maximum absolute atomic E-state index is 12.3. The second kappa shape index (κ2) is 5.25. The Balaban J connectivity index is 2.36. The van der Waals surface area contributed by atoms with Crippen LogP contribution in [0.25, 0.3) is 0 Å². The molecule has 1 aliphatic rings. The first-order valence-corrected chi connectivity index (χ1v) is 7.43. The van der Waals surface area contributed by atoms with E-state index in [2.05, 4.69) is 15.9 Å². The van der Waals surface area contributed by atoms with Crippen molar-refractivity contribution in [2.75, 3.05) is 6.61 Å². The zero-order valence-corrected chi connectivity index (χ0v) is 13.1. The van der Waals surface area contributed by atoms with Gasteiger partial charge in [-0.2, -0.15) is 0 Å². The summed E-state index contributed by atoms with van der Waals surface area (Å²) in [6.07, 6.45) is 1.54. The maximum Gasteiger partial charge on any atom is 0.341 e. The van der Waals surface area contributed by atoms with E-state index in [1.807, 2.05) is 45.0 Å². The van der Waals surface area contributed by atoms with Gasteiger partial charge in [0.05, 0.1) is 6.61 Å². The quantitative estimate of drug-likeness (QED) is 0.610. The lowest BCUT2D eigenvalue weighted by atomic mass is 9.84. The highest BCUT2D eigenvalue weighted by atomic mass is 79.9. The Bertz CT molecular complexity index is 488. The van der Waals surface area contributed by atoms with Crippen LogP contribution in [0.1, 0.15) is 39.2 Å². The number of hydrogen-bond donors (Lipinski definition) is 0. The highest BCUT2D eigenvalue weighted by Crippen LogP contribution is 2.59. The third-order valence-corrected chi connectivity index (χ3v) is 4.39. The van der Waals surface area contributed by atoms with Gasteiger partial charge in [-0.05, 0) is 26.3 Å². The number of benzene rings is 1. The van der Waals surface area contributed by atoms with E-state index in [0.717, 1.165) is 16.5 Å². The van der Waals surface area contributed by atoms with Crippen LogP contribution in [0, 0.1) is 0 Å². The van der Waals surface area contributed by atoms with Gasteiger partial charge in [0.25, 0.3) is 0 Å². The second-order valence-electron chi connectivity index (χ2n) is 4.91. The van der Waals surface area contributed by atoms with Crippen LogP contribution in [0.3, 0.4) is 0 Å². The van der Waals surface area contributed by atoms with Gasteiger partial charge in [0.1, 0.15) is 5.60 Å². The molecule has 1 aromatic carbocycles. The first-order chi connectivity index (χ1) is 9.02. The zero-order chi connectivity index (χ0) is 14.1. The summed E-state index contributed by atoms with van der Waals surface area (Å²) in [7, 11) is 0. The number of halogens is 1. The van der Waals surface area contributed by atoms with Gasteiger partial charge in [0.2, 0.25) is 0 Å². The molecule has 0 radical (unpaired) electrons. The summed E-state index contributed by atoms with van der Waals surface area (Å²) in [5, 5.41) is 0. The molecule has 0 aromatic heterocycles. The van der Waals surface area contributed by atoms with Gasteiger partial charge in [-0.3, -0.25) is 0 Å². The molecule has 0 bridgehead atoms. The summed E-state index contributed by atoms with van der Waals surface area (Å²) in [6, 6.07) is 7.85. The Kier molecular flexibility index (Phi) is 4.02. The SMILES string of the molecule is CCCC1(C(=O)OCC)OC1(C)c1ccccc1Br. The van der Waals surface area contributed by atoms with Crippen molar-refractivity contribution in [2.24, 2.45) is 0 Å². The van der Waals surface area contributed by atoms with Crippen LogP contribution < -0.4 is 0 Å². The molecule has 1 saturated heterocycles. The van der Waals surface area contributed by atoms with E-state index >= 15 is 0 Å². The average molecular weight is 327 g/mol. The van der Waals surface area contributed by atoms with Crippen molar-refractivity contribution >= 4 is 21.9 Å². The number of carbonyl (C=O) groups is 1. The smallest absolute Gasteiger partial charge is 0.341 e. The predicted molar refractivity (Wildman–Crippen MR) is 76.9 cm³/mol. The predicted octanol–water partition coefficient (Wildman–Crippen LogP) is 3.80. The fourth-order valence-electron chi connectivity index (χ4n) is 2.67. The molecule has 4 heteroatoms. The molecular formula is C15H19BrO3. The highest BCUT2D eigenvalue weighted by molar-refractivity contribution is 9.10. The molecule has 19 heavy (non-hydrogen) atoms. The Morgan fingerprint density at radius 1 is 1.37 bits per heavy atom. The number of rotatable bonds is 5. The van der Waals surface area contributed by atoms with E-state index < -0.39 is 11.2 Å². The number of hydrogen-bond acceptors (Lipinski definition) is 3. The minimum Gasteiger partial charge on any atom is -0.464 e. The third-order valence-electron chi connectivity index (χ3n) is 3.70. The molecule has 1 fully saturated rings. The molecule has 3 nitrogen and oxygen atoms in total. The minimum absolute atomic E-state index is 0.255. The van der Waals surface area contributed by atoms with Gasteiger partial charge in [-0.25, -0.2) is 4.79 Å². The van der Waals surface area contributed by atoms with Gasteiger partial charge in [-0.1, -0.05) is 47.5 Å². The van der Waals surface area contributed by atoms with E-state index in [0.29, 0.717) is 13.0 Å². The van der Waals surface area contributed by atoms with Crippen LogP contribution in [0.4, 0.5) is 0 Å². The Hall–Kier alpha value is -0.870. The molecule has 0 spiro atoms. The topological polar surface area (TPSA) is 38.8 Å². The Labute approximate surface area is 122 Å². The molecule has 0 N–H and O–H groups in total. The third kappa shape index (κ3) is 2.21. The lowest BCUT2D eigenvalue weighted by Gasteiger charge is -2.16. The van der Waals surface area contributed by atoms with Crippen LogP contribution in [0.15, 0.2) is 28.7 Å². The van der Waals surface area contributed by atoms with Crippen LogP contribution in [0.5, 0.6) is 0 Å². The molecule has 0 amide bonds. The van der Waals surface area contributed by atoms with Crippen molar-refractivity contribution in [3.8, 4) is 0 Å². The van der Waals surface area contributed by atoms with Gasteiger partial charge in [-0.15, -0.1) is 0 Å². The second-order valence-corrected chi connectivity index (χ2v) is 5.77. The lowest BCUT2D eigenvalue weighted by Crippen LogP contribution is -2.33. The monoisotopic (exact) mass is 326 g/mol. The molecule has 2 rings (SSSR count). The highest BCUT2D eigenvalue weighted by Gasteiger charge is 2.73. The summed E-state index contributed by atoms with van der Waals surface area (Å²) in [5.41, 5.74) is -0.437. The van der Waals surface area contributed by atoms with E-state index in [4.69, 9.17) is 9.47 Å². The fourth-order valence-corrected chi connectivity index (χ4v) is 3.33. The van der Waals surface area contributed by atoms with Gasteiger partial charge in [0, 0.05) is 10.0 Å². The van der Waals surface area contributed by atoms with Crippen LogP contribution in [-0.2, 0) is 19.9 Å². The maximum atomic E-state index is 12.3. The van der Waals surface area contributed by atoms with Crippen molar-refractivity contribution in [1.82, 2.24) is 0 Å². The molecule has 1 aromatic rings. The number of epoxide rings is 1. The van der Waals surface area contributed by atoms with E-state index in [-0.39, 0.29) is 5.97 Å². The van der Waals surface area contributed by atoms with Gasteiger partial charge in [0.15, 0.2) is 5.60 Å². The van der Waals surface area contributed by atoms with Gasteiger partial charge >= 0.3 is 5.97 Å². The molecule has 2 atom stereocenters.